The van der Waals surface area contributed by atoms with Gasteiger partial charge in [-0.15, -0.1) is 11.3 Å². The summed E-state index contributed by atoms with van der Waals surface area (Å²) in [5.74, 6) is 0.226. The van der Waals surface area contributed by atoms with E-state index in [1.165, 1.54) is 33.7 Å². The predicted octanol–water partition coefficient (Wildman–Crippen LogP) is 4.02. The number of primary amides is 1. The van der Waals surface area contributed by atoms with Crippen LogP contribution in [0.15, 0.2) is 48.0 Å². The molecule has 2 N–H and O–H groups in total. The summed E-state index contributed by atoms with van der Waals surface area (Å²) < 4.78 is 2.38. The number of fused-ring (bicyclic) bond motifs is 6. The van der Waals surface area contributed by atoms with Crippen LogP contribution in [0.2, 0.25) is 0 Å². The van der Waals surface area contributed by atoms with Crippen LogP contribution in [0.5, 0.6) is 0 Å². The van der Waals surface area contributed by atoms with Crippen molar-refractivity contribution in [1.82, 2.24) is 4.57 Å². The fraction of sp³-hybridized carbons (Fsp3) is 0.167. The van der Waals surface area contributed by atoms with E-state index in [0.29, 0.717) is 17.5 Å². The van der Waals surface area contributed by atoms with Gasteiger partial charge in [0.1, 0.15) is 0 Å². The van der Waals surface area contributed by atoms with Crippen molar-refractivity contribution >= 4 is 17.2 Å². The van der Waals surface area contributed by atoms with Crippen LogP contribution in [-0.4, -0.2) is 10.5 Å². The number of rotatable bonds is 2. The van der Waals surface area contributed by atoms with Crippen LogP contribution < -0.4 is 5.73 Å². The van der Waals surface area contributed by atoms with E-state index in [0.717, 1.165) is 0 Å². The molecule has 0 bridgehead atoms. The Labute approximate surface area is 132 Å². The zero-order valence-corrected chi connectivity index (χ0v) is 12.6. The summed E-state index contributed by atoms with van der Waals surface area (Å²) in [6.45, 7) is 0. The molecule has 1 aliphatic carbocycles. The Morgan fingerprint density at radius 2 is 2.14 bits per heavy atom. The molecule has 3 nitrogen and oxygen atoms in total. The van der Waals surface area contributed by atoms with Crippen molar-refractivity contribution < 1.29 is 4.79 Å². The number of amides is 1. The van der Waals surface area contributed by atoms with Gasteiger partial charge < -0.3 is 10.3 Å². The molecule has 2 aliphatic rings. The molecule has 0 spiro atoms. The Balaban J connectivity index is 1.80. The van der Waals surface area contributed by atoms with Crippen LogP contribution in [0, 0.1) is 0 Å². The molecule has 3 heterocycles. The van der Waals surface area contributed by atoms with Gasteiger partial charge in [0.05, 0.1) is 5.69 Å². The van der Waals surface area contributed by atoms with Gasteiger partial charge in [-0.3, -0.25) is 4.79 Å². The summed E-state index contributed by atoms with van der Waals surface area (Å²) in [5.41, 5.74) is 11.1. The minimum absolute atomic E-state index is 0.364. The van der Waals surface area contributed by atoms with Crippen LogP contribution in [0.1, 0.15) is 34.3 Å². The average molecular weight is 306 g/mol. The fourth-order valence-electron chi connectivity index (χ4n) is 3.70. The molecular formula is C18H14N2OS. The van der Waals surface area contributed by atoms with Crippen LogP contribution in [0.3, 0.4) is 0 Å². The van der Waals surface area contributed by atoms with Crippen LogP contribution in [0.4, 0.5) is 0 Å². The molecule has 1 aliphatic heterocycles. The van der Waals surface area contributed by atoms with Gasteiger partial charge in [-0.2, -0.15) is 0 Å². The van der Waals surface area contributed by atoms with Gasteiger partial charge >= 0.3 is 0 Å². The first-order chi connectivity index (χ1) is 10.7. The Morgan fingerprint density at radius 3 is 2.91 bits per heavy atom. The van der Waals surface area contributed by atoms with Gasteiger partial charge in [-0.25, -0.2) is 0 Å². The highest BCUT2D eigenvalue weighted by atomic mass is 32.1. The van der Waals surface area contributed by atoms with Gasteiger partial charge in [-0.1, -0.05) is 12.1 Å². The molecule has 2 atom stereocenters. The maximum atomic E-state index is 11.6. The number of carbonyl (C=O) groups excluding carboxylic acids is 1. The smallest absolute Gasteiger partial charge is 0.248 e. The fourth-order valence-corrected chi connectivity index (χ4v) is 4.45. The van der Waals surface area contributed by atoms with E-state index >= 15 is 0 Å². The molecule has 2 aromatic heterocycles. The number of aromatic nitrogens is 1. The van der Waals surface area contributed by atoms with Gasteiger partial charge in [0.2, 0.25) is 5.91 Å². The second-order valence-electron chi connectivity index (χ2n) is 6.04. The van der Waals surface area contributed by atoms with Crippen LogP contribution in [0.25, 0.3) is 21.7 Å². The lowest BCUT2D eigenvalue weighted by Crippen LogP contribution is -2.13. The quantitative estimate of drug-likeness (QED) is 0.763. The first kappa shape index (κ1) is 12.2. The van der Waals surface area contributed by atoms with E-state index in [2.05, 4.69) is 40.4 Å². The molecule has 1 amide bonds. The van der Waals surface area contributed by atoms with E-state index in [-0.39, 0.29) is 5.91 Å². The van der Waals surface area contributed by atoms with Crippen molar-refractivity contribution in [2.45, 2.75) is 18.4 Å². The zero-order chi connectivity index (χ0) is 14.8. The summed E-state index contributed by atoms with van der Waals surface area (Å²) in [5, 5.41) is 2.10. The van der Waals surface area contributed by atoms with Gasteiger partial charge in [0.25, 0.3) is 0 Å². The molecule has 0 saturated heterocycles. The average Bonchev–Trinajstić information content (AvgIpc) is 2.97. The second-order valence-corrected chi connectivity index (χ2v) is 6.99. The molecule has 1 aromatic carbocycles. The first-order valence-electron chi connectivity index (χ1n) is 7.43. The molecule has 1 saturated carbocycles. The van der Waals surface area contributed by atoms with Crippen LogP contribution in [-0.2, 0) is 0 Å². The zero-order valence-electron chi connectivity index (χ0n) is 11.8. The third-order valence-corrected chi connectivity index (χ3v) is 5.71. The summed E-state index contributed by atoms with van der Waals surface area (Å²) in [7, 11) is 0. The summed E-state index contributed by atoms with van der Waals surface area (Å²) in [6.07, 6.45) is 3.38. The Bertz CT molecular complexity index is 907. The normalized spacial score (nSPS) is 20.9. The Morgan fingerprint density at radius 1 is 1.23 bits per heavy atom. The number of hydrogen-bond acceptors (Lipinski definition) is 2. The van der Waals surface area contributed by atoms with Crippen molar-refractivity contribution in [3.05, 3.63) is 59.1 Å². The van der Waals surface area contributed by atoms with Crippen molar-refractivity contribution in [1.29, 1.82) is 0 Å². The molecule has 0 radical (unpaired) electrons. The lowest BCUT2D eigenvalue weighted by molar-refractivity contribution is 0.100. The van der Waals surface area contributed by atoms with E-state index in [1.807, 2.05) is 12.1 Å². The summed E-state index contributed by atoms with van der Waals surface area (Å²) >= 11 is 1.75. The third kappa shape index (κ3) is 1.53. The van der Waals surface area contributed by atoms with Crippen molar-refractivity contribution in [2.75, 3.05) is 0 Å². The molecule has 22 heavy (non-hydrogen) atoms. The first-order valence-corrected chi connectivity index (χ1v) is 8.31. The Hall–Kier alpha value is -2.33. The SMILES string of the molecule is NC(=O)c1ccc2c(c1)-c1c(-c3cccs3)ccn1C1CC21. The van der Waals surface area contributed by atoms with E-state index in [4.69, 9.17) is 5.73 Å². The van der Waals surface area contributed by atoms with E-state index < -0.39 is 0 Å². The monoisotopic (exact) mass is 306 g/mol. The topological polar surface area (TPSA) is 48.0 Å². The molecule has 2 unspecified atom stereocenters. The van der Waals surface area contributed by atoms with Crippen molar-refractivity contribution in [3.63, 3.8) is 0 Å². The molecule has 3 aromatic rings. The molecule has 4 heteroatoms. The highest BCUT2D eigenvalue weighted by Gasteiger charge is 2.46. The molecule has 108 valence electrons. The number of nitrogens with zero attached hydrogens (tertiary/aromatic N) is 1. The van der Waals surface area contributed by atoms with E-state index in [9.17, 15) is 4.79 Å². The largest absolute Gasteiger partial charge is 0.366 e. The van der Waals surface area contributed by atoms with Crippen LogP contribution >= 0.6 is 11.3 Å². The Kier molecular flexibility index (Phi) is 2.29. The highest BCUT2D eigenvalue weighted by molar-refractivity contribution is 7.13. The van der Waals surface area contributed by atoms with Crippen molar-refractivity contribution in [3.8, 4) is 21.7 Å². The van der Waals surface area contributed by atoms with Gasteiger partial charge in [0, 0.05) is 39.7 Å². The second kappa shape index (κ2) is 4.11. The van der Waals surface area contributed by atoms with Crippen molar-refractivity contribution in [2.24, 2.45) is 5.73 Å². The number of hydrogen-bond donors (Lipinski definition) is 1. The minimum atomic E-state index is -0.364. The minimum Gasteiger partial charge on any atom is -0.366 e. The predicted molar refractivity (Wildman–Crippen MR) is 88.1 cm³/mol. The number of thiophene rings is 1. The molecular weight excluding hydrogens is 292 g/mol. The highest BCUT2D eigenvalue weighted by Crippen LogP contribution is 2.60. The van der Waals surface area contributed by atoms with Gasteiger partial charge in [-0.05, 0) is 41.6 Å². The maximum absolute atomic E-state index is 11.6. The van der Waals surface area contributed by atoms with E-state index in [1.54, 1.807) is 11.3 Å². The molecule has 1 fully saturated rings. The lowest BCUT2D eigenvalue weighted by atomic mass is 9.93. The number of carbonyl (C=O) groups is 1. The molecule has 5 rings (SSSR count). The maximum Gasteiger partial charge on any atom is 0.248 e. The van der Waals surface area contributed by atoms with Gasteiger partial charge in [0.15, 0.2) is 0 Å². The summed E-state index contributed by atoms with van der Waals surface area (Å²) in [4.78, 5) is 12.8. The summed E-state index contributed by atoms with van der Waals surface area (Å²) in [6, 6.07) is 12.9. The lowest BCUT2D eigenvalue weighted by Gasteiger charge is -2.21. The number of benzene rings is 1. The standard InChI is InChI=1S/C18H14N2OS/c19-18(21)10-3-4-11-13-9-15(13)20-6-5-12(16-2-1-7-22-16)17(20)14(11)8-10/h1-8,13,15H,9H2,(H2,19,21). The third-order valence-electron chi connectivity index (χ3n) is 4.81. The number of nitrogens with two attached hydrogens (primary N) is 1.